The second-order valence-corrected chi connectivity index (χ2v) is 6.41. The number of nitriles is 1. The molecule has 4 rings (SSSR count). The van der Waals surface area contributed by atoms with Crippen LogP contribution in [-0.2, 0) is 0 Å². The third kappa shape index (κ3) is 2.79. The third-order valence-corrected chi connectivity index (χ3v) is 4.64. The number of amides is 1. The second-order valence-electron chi connectivity index (χ2n) is 5.98. The van der Waals surface area contributed by atoms with E-state index in [1.165, 1.54) is 0 Å². The van der Waals surface area contributed by atoms with Crippen LogP contribution in [0.2, 0.25) is 5.02 Å². The fourth-order valence-corrected chi connectivity index (χ4v) is 3.22. The molecular weight excluding hydrogens is 346 g/mol. The Morgan fingerprint density at radius 1 is 0.962 bits per heavy atom. The maximum absolute atomic E-state index is 13.2. The fraction of sp³-hybridized carbons (Fsp3) is 0.0476. The summed E-state index contributed by atoms with van der Waals surface area (Å²) < 4.78 is 0. The Morgan fingerprint density at radius 3 is 2.35 bits per heavy atom. The van der Waals surface area contributed by atoms with Crippen molar-refractivity contribution in [1.29, 1.82) is 5.26 Å². The average molecular weight is 360 g/mol. The van der Waals surface area contributed by atoms with Gasteiger partial charge in [0.1, 0.15) is 6.17 Å². The maximum atomic E-state index is 13.2. The lowest BCUT2D eigenvalue weighted by Gasteiger charge is -2.38. The highest BCUT2D eigenvalue weighted by molar-refractivity contribution is 6.30. The van der Waals surface area contributed by atoms with Gasteiger partial charge in [-0.3, -0.25) is 9.69 Å². The zero-order valence-corrected chi connectivity index (χ0v) is 14.4. The summed E-state index contributed by atoms with van der Waals surface area (Å²) in [5.74, 6) is -0.0870. The quantitative estimate of drug-likeness (QED) is 0.701. The number of hydrogen-bond acceptors (Lipinski definition) is 3. The van der Waals surface area contributed by atoms with Crippen LogP contribution in [0.4, 0.5) is 11.4 Å². The lowest BCUT2D eigenvalue weighted by Crippen LogP contribution is -2.43. The molecule has 0 unspecified atom stereocenters. The summed E-state index contributed by atoms with van der Waals surface area (Å²) in [6, 6.07) is 24.0. The van der Waals surface area contributed by atoms with Crippen LogP contribution in [-0.4, -0.2) is 5.91 Å². The molecule has 5 heteroatoms. The Balaban J connectivity index is 1.84. The molecule has 1 heterocycles. The molecule has 3 aromatic rings. The third-order valence-electron chi connectivity index (χ3n) is 4.39. The Morgan fingerprint density at radius 2 is 1.65 bits per heavy atom. The van der Waals surface area contributed by atoms with Crippen molar-refractivity contribution < 1.29 is 4.79 Å². The van der Waals surface area contributed by atoms with E-state index in [9.17, 15) is 4.79 Å². The first kappa shape index (κ1) is 16.2. The van der Waals surface area contributed by atoms with Gasteiger partial charge in [-0.2, -0.15) is 5.26 Å². The molecule has 3 aromatic carbocycles. The van der Waals surface area contributed by atoms with Crippen LogP contribution >= 0.6 is 11.6 Å². The molecule has 0 fully saturated rings. The van der Waals surface area contributed by atoms with Gasteiger partial charge in [0.05, 0.1) is 17.2 Å². The van der Waals surface area contributed by atoms with E-state index in [-0.39, 0.29) is 12.1 Å². The number of nitrogens with zero attached hydrogens (tertiary/aromatic N) is 2. The molecule has 0 bridgehead atoms. The molecule has 0 saturated carbocycles. The SMILES string of the molecule is N#Cc1ccc([C@H]2Nc3ccccc3C(=O)N2c2ccc(Cl)cc2)cc1. The highest BCUT2D eigenvalue weighted by Crippen LogP contribution is 2.36. The molecule has 1 atom stereocenters. The Kier molecular flexibility index (Phi) is 4.08. The van der Waals surface area contributed by atoms with Gasteiger partial charge in [-0.1, -0.05) is 35.9 Å². The minimum Gasteiger partial charge on any atom is -0.360 e. The van der Waals surface area contributed by atoms with Gasteiger partial charge in [0.25, 0.3) is 5.91 Å². The van der Waals surface area contributed by atoms with Gasteiger partial charge in [0, 0.05) is 16.4 Å². The summed E-state index contributed by atoms with van der Waals surface area (Å²) >= 11 is 6.01. The zero-order valence-electron chi connectivity index (χ0n) is 13.7. The largest absolute Gasteiger partial charge is 0.360 e. The number of nitrogens with one attached hydrogen (secondary N) is 1. The van der Waals surface area contributed by atoms with Crippen LogP contribution in [0.5, 0.6) is 0 Å². The van der Waals surface area contributed by atoms with E-state index in [4.69, 9.17) is 16.9 Å². The molecule has 1 aliphatic heterocycles. The molecule has 126 valence electrons. The fourth-order valence-electron chi connectivity index (χ4n) is 3.09. The van der Waals surface area contributed by atoms with Crippen LogP contribution in [0.25, 0.3) is 0 Å². The maximum Gasteiger partial charge on any atom is 0.262 e. The molecule has 1 N–H and O–H groups in total. The molecule has 1 amide bonds. The molecule has 0 aliphatic carbocycles. The van der Waals surface area contributed by atoms with Crippen molar-refractivity contribution in [2.45, 2.75) is 6.17 Å². The van der Waals surface area contributed by atoms with Crippen molar-refractivity contribution in [3.05, 3.63) is 94.5 Å². The van der Waals surface area contributed by atoms with Gasteiger partial charge in [0.15, 0.2) is 0 Å². The molecule has 4 nitrogen and oxygen atoms in total. The first-order chi connectivity index (χ1) is 12.7. The number of benzene rings is 3. The van der Waals surface area contributed by atoms with E-state index in [2.05, 4.69) is 11.4 Å². The van der Waals surface area contributed by atoms with Gasteiger partial charge in [-0.05, 0) is 54.1 Å². The standard InChI is InChI=1S/C21H14ClN3O/c22-16-9-11-17(12-10-16)25-20(15-7-5-14(13-23)6-8-15)24-19-4-2-1-3-18(19)21(25)26/h1-12,20,24H/t20-/m0/s1. The smallest absolute Gasteiger partial charge is 0.262 e. The number of anilines is 2. The highest BCUT2D eigenvalue weighted by Gasteiger charge is 2.33. The van der Waals surface area contributed by atoms with Crippen LogP contribution in [0.1, 0.15) is 27.7 Å². The Hall–Kier alpha value is -3.29. The normalized spacial score (nSPS) is 15.8. The summed E-state index contributed by atoms with van der Waals surface area (Å²) in [5, 5.41) is 13.1. The van der Waals surface area contributed by atoms with Gasteiger partial charge < -0.3 is 5.32 Å². The average Bonchev–Trinajstić information content (AvgIpc) is 2.69. The lowest BCUT2D eigenvalue weighted by atomic mass is 10.0. The first-order valence-corrected chi connectivity index (χ1v) is 8.50. The predicted molar refractivity (Wildman–Crippen MR) is 102 cm³/mol. The minimum atomic E-state index is -0.383. The molecule has 26 heavy (non-hydrogen) atoms. The van der Waals surface area contributed by atoms with Crippen LogP contribution < -0.4 is 10.2 Å². The lowest BCUT2D eigenvalue weighted by molar-refractivity contribution is 0.0975. The molecule has 0 aromatic heterocycles. The van der Waals surface area contributed by atoms with E-state index in [0.717, 1.165) is 16.9 Å². The summed E-state index contributed by atoms with van der Waals surface area (Å²) in [5.41, 5.74) is 3.62. The van der Waals surface area contributed by atoms with Crippen molar-refractivity contribution in [3.8, 4) is 6.07 Å². The van der Waals surface area contributed by atoms with Crippen LogP contribution in [0.3, 0.4) is 0 Å². The zero-order chi connectivity index (χ0) is 18.1. The molecule has 0 spiro atoms. The van der Waals surface area contributed by atoms with Gasteiger partial charge in [0.2, 0.25) is 0 Å². The highest BCUT2D eigenvalue weighted by atomic mass is 35.5. The van der Waals surface area contributed by atoms with E-state index in [1.807, 2.05) is 48.5 Å². The number of carbonyl (C=O) groups is 1. The van der Waals surface area contributed by atoms with E-state index in [0.29, 0.717) is 16.1 Å². The van der Waals surface area contributed by atoms with Crippen molar-refractivity contribution in [3.63, 3.8) is 0 Å². The van der Waals surface area contributed by atoms with E-state index < -0.39 is 0 Å². The summed E-state index contributed by atoms with van der Waals surface area (Å²) in [4.78, 5) is 14.9. The van der Waals surface area contributed by atoms with Gasteiger partial charge in [-0.15, -0.1) is 0 Å². The Labute approximate surface area is 156 Å². The summed E-state index contributed by atoms with van der Waals surface area (Å²) in [6.07, 6.45) is -0.383. The van der Waals surface area contributed by atoms with Crippen LogP contribution in [0.15, 0.2) is 72.8 Å². The van der Waals surface area contributed by atoms with Crippen LogP contribution in [0, 0.1) is 11.3 Å². The van der Waals surface area contributed by atoms with E-state index >= 15 is 0 Å². The topological polar surface area (TPSA) is 56.1 Å². The second kappa shape index (κ2) is 6.55. The first-order valence-electron chi connectivity index (χ1n) is 8.12. The molecular formula is C21H14ClN3O. The number of para-hydroxylation sites is 1. The van der Waals surface area contributed by atoms with Gasteiger partial charge >= 0.3 is 0 Å². The van der Waals surface area contributed by atoms with Crippen molar-refractivity contribution in [1.82, 2.24) is 0 Å². The number of rotatable bonds is 2. The van der Waals surface area contributed by atoms with Crippen molar-refractivity contribution >= 4 is 28.9 Å². The number of fused-ring (bicyclic) bond motifs is 1. The van der Waals surface area contributed by atoms with Gasteiger partial charge in [-0.25, -0.2) is 0 Å². The van der Waals surface area contributed by atoms with E-state index in [1.54, 1.807) is 29.2 Å². The molecule has 1 aliphatic rings. The monoisotopic (exact) mass is 359 g/mol. The molecule has 0 saturated heterocycles. The summed E-state index contributed by atoms with van der Waals surface area (Å²) in [6.45, 7) is 0. The van der Waals surface area contributed by atoms with Crippen molar-refractivity contribution in [2.24, 2.45) is 0 Å². The molecule has 0 radical (unpaired) electrons. The predicted octanol–water partition coefficient (Wildman–Crippen LogP) is 4.98. The number of hydrogen-bond donors (Lipinski definition) is 1. The minimum absolute atomic E-state index is 0.0870. The Bertz CT molecular complexity index is 1010. The van der Waals surface area contributed by atoms with Crippen molar-refractivity contribution in [2.75, 3.05) is 10.2 Å². The summed E-state index contributed by atoms with van der Waals surface area (Å²) in [7, 11) is 0. The number of halogens is 1. The number of carbonyl (C=O) groups excluding carboxylic acids is 1.